The molecule has 0 aromatic carbocycles. The normalized spacial score (nSPS) is 18.7. The first-order chi connectivity index (χ1) is 12.4. The summed E-state index contributed by atoms with van der Waals surface area (Å²) in [7, 11) is 0. The van der Waals surface area contributed by atoms with E-state index in [2.05, 4.69) is 71.6 Å². The summed E-state index contributed by atoms with van der Waals surface area (Å²) in [5.74, 6) is 1.86. The van der Waals surface area contributed by atoms with Gasteiger partial charge >= 0.3 is 0 Å². The first kappa shape index (κ1) is 20.8. The van der Waals surface area contributed by atoms with E-state index in [4.69, 9.17) is 4.74 Å². The number of hydrogen-bond donors (Lipinski definition) is 2. The molecule has 1 unspecified atom stereocenters. The Hall–Kier alpha value is -1.47. The van der Waals surface area contributed by atoms with Gasteiger partial charge in [0.15, 0.2) is 5.96 Å². The van der Waals surface area contributed by atoms with Crippen molar-refractivity contribution in [3.63, 3.8) is 0 Å². The molecule has 1 aromatic heterocycles. The van der Waals surface area contributed by atoms with Crippen molar-refractivity contribution in [1.29, 1.82) is 0 Å². The summed E-state index contributed by atoms with van der Waals surface area (Å²) in [6, 6.07) is 4.20. The molecule has 1 saturated heterocycles. The number of hydrogen-bond acceptors (Lipinski definition) is 5. The Bertz CT molecular complexity index is 576. The summed E-state index contributed by atoms with van der Waals surface area (Å²) >= 11 is 1.85. The van der Waals surface area contributed by atoms with Crippen LogP contribution in [0.5, 0.6) is 0 Å². The van der Waals surface area contributed by atoms with Crippen LogP contribution in [0, 0.1) is 0 Å². The maximum atomic E-state index is 5.59. The zero-order chi connectivity index (χ0) is 19.0. The van der Waals surface area contributed by atoms with E-state index in [1.54, 1.807) is 0 Å². The van der Waals surface area contributed by atoms with Crippen LogP contribution in [0.3, 0.4) is 0 Å². The average molecular weight is 380 g/mol. The number of thioether (sulfide) groups is 1. The molecular weight excluding hydrogens is 346 g/mol. The van der Waals surface area contributed by atoms with E-state index in [1.807, 2.05) is 18.0 Å². The molecule has 1 fully saturated rings. The molecule has 1 aliphatic rings. The van der Waals surface area contributed by atoms with Gasteiger partial charge in [0.2, 0.25) is 0 Å². The summed E-state index contributed by atoms with van der Waals surface area (Å²) in [6.45, 7) is 13.5. The quantitative estimate of drug-likeness (QED) is 0.561. The van der Waals surface area contributed by atoms with Gasteiger partial charge in [-0.05, 0) is 45.6 Å². The maximum Gasteiger partial charge on any atom is 0.191 e. The van der Waals surface area contributed by atoms with E-state index in [1.165, 1.54) is 0 Å². The van der Waals surface area contributed by atoms with Crippen LogP contribution < -0.4 is 15.5 Å². The Morgan fingerprint density at radius 2 is 2.23 bits per heavy atom. The molecule has 6 nitrogen and oxygen atoms in total. The van der Waals surface area contributed by atoms with Gasteiger partial charge in [-0.25, -0.2) is 9.98 Å². The number of ether oxygens (including phenoxy) is 1. The summed E-state index contributed by atoms with van der Waals surface area (Å²) in [4.78, 5) is 11.6. The van der Waals surface area contributed by atoms with E-state index in [0.717, 1.165) is 50.1 Å². The van der Waals surface area contributed by atoms with Gasteiger partial charge in [0.1, 0.15) is 5.82 Å². The highest BCUT2D eigenvalue weighted by Gasteiger charge is 2.18. The van der Waals surface area contributed by atoms with Gasteiger partial charge in [-0.3, -0.25) is 0 Å². The molecule has 0 saturated carbocycles. The summed E-state index contributed by atoms with van der Waals surface area (Å²) in [6.07, 6.45) is 4.32. The number of nitrogens with zero attached hydrogens (tertiary/aromatic N) is 3. The summed E-state index contributed by atoms with van der Waals surface area (Å²) < 4.78 is 5.77. The third kappa shape index (κ3) is 6.68. The number of morpholine rings is 1. The molecule has 0 amide bonds. The molecule has 1 aromatic rings. The molecule has 0 aliphatic carbocycles. The fourth-order valence-corrected chi connectivity index (χ4v) is 2.82. The zero-order valence-corrected chi connectivity index (χ0v) is 17.5. The Morgan fingerprint density at radius 3 is 2.85 bits per heavy atom. The largest absolute Gasteiger partial charge is 0.375 e. The van der Waals surface area contributed by atoms with Crippen molar-refractivity contribution >= 4 is 23.5 Å². The van der Waals surface area contributed by atoms with E-state index < -0.39 is 0 Å². The van der Waals surface area contributed by atoms with Crippen LogP contribution in [0.15, 0.2) is 23.3 Å². The van der Waals surface area contributed by atoms with Gasteiger partial charge in [0.25, 0.3) is 0 Å². The first-order valence-electron chi connectivity index (χ1n) is 9.32. The van der Waals surface area contributed by atoms with E-state index in [9.17, 15) is 0 Å². The lowest BCUT2D eigenvalue weighted by molar-refractivity contribution is 0.0529. The van der Waals surface area contributed by atoms with Crippen molar-refractivity contribution in [3.05, 3.63) is 23.9 Å². The fraction of sp³-hybridized carbons (Fsp3) is 0.684. The van der Waals surface area contributed by atoms with Crippen LogP contribution in [-0.4, -0.2) is 60.8 Å². The van der Waals surface area contributed by atoms with Crippen LogP contribution in [0.4, 0.5) is 5.82 Å². The lowest BCUT2D eigenvalue weighted by atomic mass is 10.2. The van der Waals surface area contributed by atoms with Gasteiger partial charge in [0.05, 0.1) is 19.3 Å². The smallest absolute Gasteiger partial charge is 0.191 e. The van der Waals surface area contributed by atoms with Crippen molar-refractivity contribution in [1.82, 2.24) is 15.6 Å². The predicted octanol–water partition coefficient (Wildman–Crippen LogP) is 2.50. The van der Waals surface area contributed by atoms with Crippen molar-refractivity contribution in [3.8, 4) is 0 Å². The number of anilines is 1. The van der Waals surface area contributed by atoms with Crippen molar-refractivity contribution in [2.75, 3.05) is 43.9 Å². The second-order valence-corrected chi connectivity index (χ2v) is 8.68. The maximum absolute atomic E-state index is 5.59. The monoisotopic (exact) mass is 379 g/mol. The van der Waals surface area contributed by atoms with Gasteiger partial charge in [0, 0.05) is 37.1 Å². The predicted molar refractivity (Wildman–Crippen MR) is 112 cm³/mol. The molecule has 26 heavy (non-hydrogen) atoms. The average Bonchev–Trinajstić information content (AvgIpc) is 2.64. The summed E-state index contributed by atoms with van der Waals surface area (Å²) in [5.41, 5.74) is 1.11. The minimum Gasteiger partial charge on any atom is -0.375 e. The van der Waals surface area contributed by atoms with E-state index >= 15 is 0 Å². The van der Waals surface area contributed by atoms with Crippen LogP contribution in [0.2, 0.25) is 0 Å². The highest BCUT2D eigenvalue weighted by molar-refractivity contribution is 7.99. The van der Waals surface area contributed by atoms with Crippen molar-refractivity contribution in [2.24, 2.45) is 4.99 Å². The molecule has 2 heterocycles. The van der Waals surface area contributed by atoms with Gasteiger partial charge < -0.3 is 20.3 Å². The highest BCUT2D eigenvalue weighted by Crippen LogP contribution is 2.19. The van der Waals surface area contributed by atoms with Crippen LogP contribution >= 0.6 is 11.8 Å². The molecule has 1 atom stereocenters. The minimum atomic E-state index is 0.175. The third-order valence-corrected chi connectivity index (χ3v) is 5.62. The molecule has 0 spiro atoms. The van der Waals surface area contributed by atoms with E-state index in [0.29, 0.717) is 6.54 Å². The molecule has 7 heteroatoms. The molecule has 0 radical (unpaired) electrons. The lowest BCUT2D eigenvalue weighted by Crippen LogP contribution is -2.43. The molecule has 1 aliphatic heterocycles. The molecular formula is C19H33N5OS. The standard InChI is InChI=1S/C19H33N5OS/c1-6-20-18(23-14-19(3,4)26-5)22-12-16-7-8-17(21-11-16)24-9-10-25-15(2)13-24/h7-8,11,15H,6,9-10,12-14H2,1-5H3,(H2,20,22,23). The number of rotatable bonds is 7. The number of guanidine groups is 1. The molecule has 2 N–H and O–H groups in total. The van der Waals surface area contributed by atoms with E-state index in [-0.39, 0.29) is 10.9 Å². The van der Waals surface area contributed by atoms with Gasteiger partial charge in [-0.15, -0.1) is 0 Å². The topological polar surface area (TPSA) is 61.8 Å². The lowest BCUT2D eigenvalue weighted by Gasteiger charge is -2.32. The SMILES string of the molecule is CCNC(=NCc1ccc(N2CCOC(C)C2)nc1)NCC(C)(C)SC. The Balaban J connectivity index is 1.93. The Kier molecular flexibility index (Phi) is 8.03. The third-order valence-electron chi connectivity index (χ3n) is 4.37. The van der Waals surface area contributed by atoms with Crippen molar-refractivity contribution in [2.45, 2.75) is 45.1 Å². The molecule has 146 valence electrons. The summed E-state index contributed by atoms with van der Waals surface area (Å²) in [5, 5.41) is 6.73. The second-order valence-electron chi connectivity index (χ2n) is 7.16. The second kappa shape index (κ2) is 10.0. The minimum absolute atomic E-state index is 0.175. The number of pyridine rings is 1. The van der Waals surface area contributed by atoms with Crippen LogP contribution in [0.1, 0.15) is 33.3 Å². The highest BCUT2D eigenvalue weighted by atomic mass is 32.2. The zero-order valence-electron chi connectivity index (χ0n) is 16.7. The number of aromatic nitrogens is 1. The van der Waals surface area contributed by atoms with Gasteiger partial charge in [-0.2, -0.15) is 11.8 Å². The molecule has 2 rings (SSSR count). The van der Waals surface area contributed by atoms with Crippen molar-refractivity contribution < 1.29 is 4.74 Å². The first-order valence-corrected chi connectivity index (χ1v) is 10.5. The number of nitrogens with one attached hydrogen (secondary N) is 2. The van der Waals surface area contributed by atoms with Gasteiger partial charge in [-0.1, -0.05) is 6.07 Å². The Morgan fingerprint density at radius 1 is 1.42 bits per heavy atom. The van der Waals surface area contributed by atoms with Crippen LogP contribution in [-0.2, 0) is 11.3 Å². The Labute approximate surface area is 162 Å². The fourth-order valence-electron chi connectivity index (χ4n) is 2.60. The molecule has 0 bridgehead atoms. The van der Waals surface area contributed by atoms with Crippen LogP contribution in [0.25, 0.3) is 0 Å². The number of aliphatic imine (C=N–C) groups is 1.